The van der Waals surface area contributed by atoms with E-state index in [2.05, 4.69) is 18.7 Å². The smallest absolute Gasteiger partial charge is 0.236 e. The molecule has 1 atom stereocenters. The van der Waals surface area contributed by atoms with Gasteiger partial charge < -0.3 is 10.6 Å². The van der Waals surface area contributed by atoms with Gasteiger partial charge in [-0.15, -0.1) is 0 Å². The molecule has 0 spiro atoms. The lowest BCUT2D eigenvalue weighted by Gasteiger charge is -2.31. The van der Waals surface area contributed by atoms with E-state index < -0.39 is 0 Å². The summed E-state index contributed by atoms with van der Waals surface area (Å²) >= 11 is 0. The number of hydrogen-bond acceptors (Lipinski definition) is 3. The molecule has 1 aliphatic rings. The lowest BCUT2D eigenvalue weighted by atomic mass is 10.1. The van der Waals surface area contributed by atoms with Crippen molar-refractivity contribution < 1.29 is 4.79 Å². The fraction of sp³-hybridized carbons (Fsp3) is 0.923. The van der Waals surface area contributed by atoms with Crippen LogP contribution in [0.5, 0.6) is 0 Å². The van der Waals surface area contributed by atoms with Crippen LogP contribution in [0.3, 0.4) is 0 Å². The number of likely N-dealkylation sites (tertiary alicyclic amines) is 1. The second kappa shape index (κ2) is 6.97. The Hall–Kier alpha value is -0.610. The molecule has 1 unspecified atom stereocenters. The molecule has 1 rings (SSSR count). The van der Waals surface area contributed by atoms with Gasteiger partial charge in [-0.25, -0.2) is 0 Å². The number of carbonyl (C=O) groups is 1. The van der Waals surface area contributed by atoms with Crippen LogP contribution >= 0.6 is 0 Å². The average Bonchev–Trinajstić information content (AvgIpc) is 2.31. The topological polar surface area (TPSA) is 49.6 Å². The van der Waals surface area contributed by atoms with Crippen molar-refractivity contribution in [3.63, 3.8) is 0 Å². The van der Waals surface area contributed by atoms with E-state index in [0.29, 0.717) is 18.5 Å². The number of nitrogens with two attached hydrogens (primary N) is 1. The Morgan fingerprint density at radius 1 is 1.47 bits per heavy atom. The third-order valence-corrected chi connectivity index (χ3v) is 3.70. The van der Waals surface area contributed by atoms with Gasteiger partial charge in [0.25, 0.3) is 0 Å². The van der Waals surface area contributed by atoms with Crippen molar-refractivity contribution in [1.82, 2.24) is 9.80 Å². The van der Waals surface area contributed by atoms with E-state index in [0.717, 1.165) is 38.9 Å². The molecule has 0 bridgehead atoms. The molecule has 0 aromatic rings. The first-order valence-electron chi connectivity index (χ1n) is 6.74. The Morgan fingerprint density at radius 2 is 2.06 bits per heavy atom. The van der Waals surface area contributed by atoms with Crippen molar-refractivity contribution in [2.45, 2.75) is 39.2 Å². The summed E-state index contributed by atoms with van der Waals surface area (Å²) in [5.74, 6) is 0.819. The Bertz CT molecular complexity index is 237. The molecular weight excluding hydrogens is 214 g/mol. The zero-order chi connectivity index (χ0) is 12.8. The van der Waals surface area contributed by atoms with Crippen LogP contribution in [0.2, 0.25) is 0 Å². The van der Waals surface area contributed by atoms with E-state index in [-0.39, 0.29) is 5.91 Å². The highest BCUT2D eigenvalue weighted by Gasteiger charge is 2.20. The van der Waals surface area contributed by atoms with Crippen molar-refractivity contribution in [1.29, 1.82) is 0 Å². The van der Waals surface area contributed by atoms with E-state index >= 15 is 0 Å². The molecule has 0 aliphatic carbocycles. The highest BCUT2D eigenvalue weighted by Crippen LogP contribution is 2.09. The van der Waals surface area contributed by atoms with Gasteiger partial charge in [0.1, 0.15) is 0 Å². The van der Waals surface area contributed by atoms with Gasteiger partial charge in [-0.1, -0.05) is 20.3 Å². The van der Waals surface area contributed by atoms with E-state index in [1.54, 1.807) is 0 Å². The molecule has 0 aromatic carbocycles. The van der Waals surface area contributed by atoms with Crippen LogP contribution in [-0.2, 0) is 4.79 Å². The number of nitrogens with zero attached hydrogens (tertiary/aromatic N) is 2. The maximum atomic E-state index is 12.0. The van der Waals surface area contributed by atoms with Crippen LogP contribution in [0.25, 0.3) is 0 Å². The predicted octanol–water partition coefficient (Wildman–Crippen LogP) is 0.914. The largest absolute Gasteiger partial charge is 0.344 e. The molecule has 0 aromatic heterocycles. The molecule has 4 nitrogen and oxygen atoms in total. The van der Waals surface area contributed by atoms with Gasteiger partial charge >= 0.3 is 0 Å². The molecule has 1 amide bonds. The molecule has 0 saturated carbocycles. The number of piperidine rings is 1. The van der Waals surface area contributed by atoms with Gasteiger partial charge in [0, 0.05) is 32.7 Å². The molecule has 1 aliphatic heterocycles. The zero-order valence-corrected chi connectivity index (χ0v) is 11.5. The second-order valence-corrected chi connectivity index (χ2v) is 5.40. The number of hydrogen-bond donors (Lipinski definition) is 1. The van der Waals surface area contributed by atoms with Crippen molar-refractivity contribution in [3.8, 4) is 0 Å². The summed E-state index contributed by atoms with van der Waals surface area (Å²) in [5, 5.41) is 0. The Kier molecular flexibility index (Phi) is 5.92. The predicted molar refractivity (Wildman–Crippen MR) is 70.7 cm³/mol. The maximum Gasteiger partial charge on any atom is 0.236 e. The Labute approximate surface area is 105 Å². The first-order valence-corrected chi connectivity index (χ1v) is 6.74. The summed E-state index contributed by atoms with van der Waals surface area (Å²) in [7, 11) is 1.91. The SMILES string of the molecule is CCC(C)CN(C)C(=O)CN1CCC(N)CC1. The van der Waals surface area contributed by atoms with Crippen LogP contribution in [0, 0.1) is 5.92 Å². The first-order chi connectivity index (χ1) is 8.02. The van der Waals surface area contributed by atoms with Crippen molar-refractivity contribution >= 4 is 5.91 Å². The van der Waals surface area contributed by atoms with Gasteiger partial charge in [-0.05, 0) is 18.8 Å². The molecule has 1 saturated heterocycles. The average molecular weight is 241 g/mol. The molecular formula is C13H27N3O. The van der Waals surface area contributed by atoms with Crippen molar-refractivity contribution in [3.05, 3.63) is 0 Å². The molecule has 17 heavy (non-hydrogen) atoms. The lowest BCUT2D eigenvalue weighted by Crippen LogP contribution is -2.45. The molecule has 2 N–H and O–H groups in total. The summed E-state index contributed by atoms with van der Waals surface area (Å²) in [4.78, 5) is 16.1. The summed E-state index contributed by atoms with van der Waals surface area (Å²) in [6.45, 7) is 7.69. The minimum Gasteiger partial charge on any atom is -0.344 e. The third-order valence-electron chi connectivity index (χ3n) is 3.70. The fourth-order valence-corrected chi connectivity index (χ4v) is 2.12. The van der Waals surface area contributed by atoms with E-state index in [1.165, 1.54) is 0 Å². The standard InChI is InChI=1S/C13H27N3O/c1-4-11(2)9-15(3)13(17)10-16-7-5-12(14)6-8-16/h11-12H,4-10,14H2,1-3H3. The molecule has 1 heterocycles. The monoisotopic (exact) mass is 241 g/mol. The highest BCUT2D eigenvalue weighted by molar-refractivity contribution is 5.78. The first kappa shape index (κ1) is 14.5. The summed E-state index contributed by atoms with van der Waals surface area (Å²) in [6.07, 6.45) is 3.15. The van der Waals surface area contributed by atoms with Crippen molar-refractivity contribution in [2.24, 2.45) is 11.7 Å². The van der Waals surface area contributed by atoms with Gasteiger partial charge in [-0.3, -0.25) is 9.69 Å². The van der Waals surface area contributed by atoms with E-state index in [1.807, 2.05) is 11.9 Å². The summed E-state index contributed by atoms with van der Waals surface area (Å²) in [6, 6.07) is 0.333. The van der Waals surface area contributed by atoms with Gasteiger partial charge in [0.05, 0.1) is 6.54 Å². The van der Waals surface area contributed by atoms with Gasteiger partial charge in [0.2, 0.25) is 5.91 Å². The van der Waals surface area contributed by atoms with Crippen LogP contribution in [-0.4, -0.2) is 55.0 Å². The number of likely N-dealkylation sites (N-methyl/N-ethyl adjacent to an activating group) is 1. The van der Waals surface area contributed by atoms with Gasteiger partial charge in [0.15, 0.2) is 0 Å². The van der Waals surface area contributed by atoms with Gasteiger partial charge in [-0.2, -0.15) is 0 Å². The molecule has 0 radical (unpaired) electrons. The van der Waals surface area contributed by atoms with E-state index in [9.17, 15) is 4.79 Å². The molecule has 4 heteroatoms. The van der Waals surface area contributed by atoms with Crippen molar-refractivity contribution in [2.75, 3.05) is 33.2 Å². The van der Waals surface area contributed by atoms with Crippen LogP contribution in [0.4, 0.5) is 0 Å². The fourth-order valence-electron chi connectivity index (χ4n) is 2.12. The quantitative estimate of drug-likeness (QED) is 0.778. The second-order valence-electron chi connectivity index (χ2n) is 5.40. The normalized spacial score (nSPS) is 20.2. The Balaban J connectivity index is 2.28. The van der Waals surface area contributed by atoms with Crippen LogP contribution < -0.4 is 5.73 Å². The van der Waals surface area contributed by atoms with E-state index in [4.69, 9.17) is 5.73 Å². The number of carbonyl (C=O) groups excluding carboxylic acids is 1. The summed E-state index contributed by atoms with van der Waals surface area (Å²) in [5.41, 5.74) is 5.85. The Morgan fingerprint density at radius 3 is 2.59 bits per heavy atom. The lowest BCUT2D eigenvalue weighted by molar-refractivity contribution is -0.131. The van der Waals surface area contributed by atoms with Crippen LogP contribution in [0.15, 0.2) is 0 Å². The number of amides is 1. The summed E-state index contributed by atoms with van der Waals surface area (Å²) < 4.78 is 0. The van der Waals surface area contributed by atoms with Crippen LogP contribution in [0.1, 0.15) is 33.1 Å². The minimum absolute atomic E-state index is 0.237. The number of rotatable bonds is 5. The highest BCUT2D eigenvalue weighted by atomic mass is 16.2. The zero-order valence-electron chi connectivity index (χ0n) is 11.5. The minimum atomic E-state index is 0.237. The molecule has 100 valence electrons. The maximum absolute atomic E-state index is 12.0. The molecule has 1 fully saturated rings. The third kappa shape index (κ3) is 5.04.